The van der Waals surface area contributed by atoms with Gasteiger partial charge in [-0.1, -0.05) is 60.2 Å². The van der Waals surface area contributed by atoms with Crippen molar-refractivity contribution in [2.45, 2.75) is 27.3 Å². The van der Waals surface area contributed by atoms with Gasteiger partial charge in [-0.3, -0.25) is 9.69 Å². The summed E-state index contributed by atoms with van der Waals surface area (Å²) in [5, 5.41) is 5.55. The summed E-state index contributed by atoms with van der Waals surface area (Å²) in [4.78, 5) is 14.6. The summed E-state index contributed by atoms with van der Waals surface area (Å²) in [6, 6.07) is 18.9. The van der Waals surface area contributed by atoms with Crippen LogP contribution in [0, 0.1) is 20.8 Å². The molecule has 0 saturated carbocycles. The third-order valence-electron chi connectivity index (χ3n) is 4.68. The molecular weight excluding hydrogens is 320 g/mol. The molecule has 26 heavy (non-hydrogen) atoms. The number of nitrogens with zero attached hydrogens (tertiary/aromatic N) is 1. The van der Waals surface area contributed by atoms with Gasteiger partial charge in [-0.25, -0.2) is 0 Å². The Kier molecular flexibility index (Phi) is 5.38. The first kappa shape index (κ1) is 18.2. The number of anilines is 1. The number of fused-ring (bicyclic) bond motifs is 1. The van der Waals surface area contributed by atoms with Crippen LogP contribution in [-0.4, -0.2) is 24.4 Å². The molecule has 134 valence electrons. The van der Waals surface area contributed by atoms with Gasteiger partial charge < -0.3 is 5.32 Å². The molecule has 3 rings (SSSR count). The van der Waals surface area contributed by atoms with Crippen LogP contribution in [0.2, 0.25) is 0 Å². The van der Waals surface area contributed by atoms with Gasteiger partial charge in [0.2, 0.25) is 5.91 Å². The minimum Gasteiger partial charge on any atom is -0.324 e. The molecule has 1 N–H and O–H groups in total. The molecule has 0 atom stereocenters. The third-order valence-corrected chi connectivity index (χ3v) is 4.68. The highest BCUT2D eigenvalue weighted by Gasteiger charge is 2.12. The van der Waals surface area contributed by atoms with Crippen LogP contribution < -0.4 is 5.32 Å². The Labute approximate surface area is 155 Å². The summed E-state index contributed by atoms with van der Waals surface area (Å²) >= 11 is 0. The fourth-order valence-electron chi connectivity index (χ4n) is 3.58. The number of carbonyl (C=O) groups is 1. The molecule has 1 amide bonds. The molecule has 3 nitrogen and oxygen atoms in total. The molecule has 0 fully saturated rings. The Balaban J connectivity index is 1.68. The van der Waals surface area contributed by atoms with Crippen LogP contribution in [0.1, 0.15) is 22.3 Å². The minimum absolute atomic E-state index is 0.0165. The van der Waals surface area contributed by atoms with E-state index in [1.807, 2.05) is 20.9 Å². The van der Waals surface area contributed by atoms with Crippen LogP contribution >= 0.6 is 0 Å². The average molecular weight is 346 g/mol. The largest absolute Gasteiger partial charge is 0.324 e. The minimum atomic E-state index is 0.0165. The number of carbonyl (C=O) groups excluding carboxylic acids is 1. The van der Waals surface area contributed by atoms with Crippen molar-refractivity contribution in [1.29, 1.82) is 0 Å². The van der Waals surface area contributed by atoms with E-state index in [1.54, 1.807) is 0 Å². The van der Waals surface area contributed by atoms with E-state index < -0.39 is 0 Å². The van der Waals surface area contributed by atoms with Gasteiger partial charge >= 0.3 is 0 Å². The van der Waals surface area contributed by atoms with Crippen molar-refractivity contribution in [3.05, 3.63) is 76.9 Å². The zero-order valence-corrected chi connectivity index (χ0v) is 16.0. The molecule has 0 spiro atoms. The Hall–Kier alpha value is -2.65. The van der Waals surface area contributed by atoms with E-state index in [0.29, 0.717) is 6.54 Å². The van der Waals surface area contributed by atoms with Gasteiger partial charge in [-0.2, -0.15) is 0 Å². The zero-order valence-electron chi connectivity index (χ0n) is 16.0. The van der Waals surface area contributed by atoms with Crippen LogP contribution in [0.5, 0.6) is 0 Å². The second-order valence-electron chi connectivity index (χ2n) is 7.13. The van der Waals surface area contributed by atoms with E-state index in [0.717, 1.165) is 23.4 Å². The Morgan fingerprint density at radius 1 is 0.962 bits per heavy atom. The summed E-state index contributed by atoms with van der Waals surface area (Å²) in [7, 11) is 1.98. The van der Waals surface area contributed by atoms with Crippen LogP contribution in [0.4, 0.5) is 5.69 Å². The van der Waals surface area contributed by atoms with Crippen LogP contribution in [0.3, 0.4) is 0 Å². The average Bonchev–Trinajstić information content (AvgIpc) is 2.58. The predicted octanol–water partition coefficient (Wildman–Crippen LogP) is 4.84. The van der Waals surface area contributed by atoms with Gasteiger partial charge in [0.25, 0.3) is 0 Å². The number of amides is 1. The Morgan fingerprint density at radius 2 is 1.62 bits per heavy atom. The first-order chi connectivity index (χ1) is 12.4. The summed E-state index contributed by atoms with van der Waals surface area (Å²) in [6.07, 6.45) is 0. The van der Waals surface area contributed by atoms with Gasteiger partial charge in [0.1, 0.15) is 0 Å². The van der Waals surface area contributed by atoms with E-state index in [9.17, 15) is 4.79 Å². The number of nitrogens with one attached hydrogen (secondary N) is 1. The summed E-state index contributed by atoms with van der Waals surface area (Å²) in [5.41, 5.74) is 5.59. The quantitative estimate of drug-likeness (QED) is 0.717. The normalized spacial score (nSPS) is 11.1. The first-order valence-corrected chi connectivity index (χ1v) is 8.97. The molecule has 0 heterocycles. The number of likely N-dealkylation sites (N-methyl/N-ethyl adjacent to an activating group) is 1. The zero-order chi connectivity index (χ0) is 18.7. The van der Waals surface area contributed by atoms with Gasteiger partial charge in [-0.05, 0) is 55.3 Å². The maximum Gasteiger partial charge on any atom is 0.238 e. The number of rotatable bonds is 5. The van der Waals surface area contributed by atoms with Crippen molar-refractivity contribution in [3.63, 3.8) is 0 Å². The van der Waals surface area contributed by atoms with Crippen molar-refractivity contribution in [2.75, 3.05) is 18.9 Å². The lowest BCUT2D eigenvalue weighted by Gasteiger charge is -2.19. The molecule has 3 aromatic carbocycles. The van der Waals surface area contributed by atoms with E-state index >= 15 is 0 Å². The van der Waals surface area contributed by atoms with E-state index in [2.05, 4.69) is 71.7 Å². The monoisotopic (exact) mass is 346 g/mol. The molecule has 0 radical (unpaired) electrons. The SMILES string of the molecule is Cc1cc(C)c(NC(=O)CN(C)Cc2cccc3ccccc23)c(C)c1. The van der Waals surface area contributed by atoms with E-state index in [4.69, 9.17) is 0 Å². The van der Waals surface area contributed by atoms with Gasteiger partial charge in [0, 0.05) is 12.2 Å². The van der Waals surface area contributed by atoms with Crippen molar-refractivity contribution < 1.29 is 4.79 Å². The van der Waals surface area contributed by atoms with Crippen LogP contribution in [-0.2, 0) is 11.3 Å². The van der Waals surface area contributed by atoms with Crippen molar-refractivity contribution in [1.82, 2.24) is 4.90 Å². The van der Waals surface area contributed by atoms with Crippen molar-refractivity contribution in [2.24, 2.45) is 0 Å². The molecule has 3 aromatic rings. The number of aryl methyl sites for hydroxylation is 3. The smallest absolute Gasteiger partial charge is 0.238 e. The summed E-state index contributed by atoms with van der Waals surface area (Å²) < 4.78 is 0. The van der Waals surface area contributed by atoms with Crippen molar-refractivity contribution in [3.8, 4) is 0 Å². The standard InChI is InChI=1S/C23H26N2O/c1-16-12-17(2)23(18(3)13-16)24-22(26)15-25(4)14-20-10-7-9-19-8-5-6-11-21(19)20/h5-13H,14-15H2,1-4H3,(H,24,26). The molecule has 0 aliphatic heterocycles. The van der Waals surface area contributed by atoms with Crippen LogP contribution in [0.15, 0.2) is 54.6 Å². The fraction of sp³-hybridized carbons (Fsp3) is 0.261. The second kappa shape index (κ2) is 7.71. The van der Waals surface area contributed by atoms with E-state index in [-0.39, 0.29) is 5.91 Å². The van der Waals surface area contributed by atoms with E-state index in [1.165, 1.54) is 21.9 Å². The Bertz CT molecular complexity index is 918. The third kappa shape index (κ3) is 4.12. The van der Waals surface area contributed by atoms with Gasteiger partial charge in [-0.15, -0.1) is 0 Å². The second-order valence-corrected chi connectivity index (χ2v) is 7.13. The fourth-order valence-corrected chi connectivity index (χ4v) is 3.58. The molecule has 0 aliphatic carbocycles. The number of benzene rings is 3. The maximum atomic E-state index is 12.5. The number of hydrogen-bond acceptors (Lipinski definition) is 2. The topological polar surface area (TPSA) is 32.3 Å². The summed E-state index contributed by atoms with van der Waals surface area (Å²) in [6.45, 7) is 7.24. The Morgan fingerprint density at radius 3 is 2.35 bits per heavy atom. The first-order valence-electron chi connectivity index (χ1n) is 8.97. The van der Waals surface area contributed by atoms with Crippen LogP contribution in [0.25, 0.3) is 10.8 Å². The molecule has 0 aliphatic rings. The molecule has 0 bridgehead atoms. The highest BCUT2D eigenvalue weighted by Crippen LogP contribution is 2.22. The molecular formula is C23H26N2O. The summed E-state index contributed by atoms with van der Waals surface area (Å²) in [5.74, 6) is 0.0165. The lowest BCUT2D eigenvalue weighted by atomic mass is 10.0. The highest BCUT2D eigenvalue weighted by molar-refractivity contribution is 5.94. The van der Waals surface area contributed by atoms with Gasteiger partial charge in [0.15, 0.2) is 0 Å². The molecule has 0 unspecified atom stereocenters. The lowest BCUT2D eigenvalue weighted by Crippen LogP contribution is -2.30. The molecule has 3 heteroatoms. The molecule has 0 saturated heterocycles. The predicted molar refractivity (Wildman–Crippen MR) is 110 cm³/mol. The number of hydrogen-bond donors (Lipinski definition) is 1. The highest BCUT2D eigenvalue weighted by atomic mass is 16.2. The van der Waals surface area contributed by atoms with Gasteiger partial charge in [0.05, 0.1) is 6.54 Å². The molecule has 0 aromatic heterocycles. The lowest BCUT2D eigenvalue weighted by molar-refractivity contribution is -0.117. The maximum absolute atomic E-state index is 12.5. The van der Waals surface area contributed by atoms with Crippen molar-refractivity contribution >= 4 is 22.4 Å².